The van der Waals surface area contributed by atoms with E-state index in [1.54, 1.807) is 6.07 Å². The Kier molecular flexibility index (Phi) is 5.96. The normalized spacial score (nSPS) is 12.1. The van der Waals surface area contributed by atoms with Crippen molar-refractivity contribution in [3.8, 4) is 0 Å². The molecule has 0 fully saturated rings. The van der Waals surface area contributed by atoms with E-state index in [-0.39, 0.29) is 16.6 Å². The average Bonchev–Trinajstić information content (AvgIpc) is 3.24. The Morgan fingerprint density at radius 1 is 1.00 bits per heavy atom. The van der Waals surface area contributed by atoms with Crippen LogP contribution in [-0.2, 0) is 14.8 Å². The second-order valence-corrected chi connectivity index (χ2v) is 11.4. The Morgan fingerprint density at radius 2 is 1.71 bits per heavy atom. The van der Waals surface area contributed by atoms with Gasteiger partial charge in [0.15, 0.2) is 5.16 Å². The average molecular weight is 506 g/mol. The van der Waals surface area contributed by atoms with Gasteiger partial charge < -0.3 is 5.32 Å². The molecule has 0 saturated heterocycles. The minimum Gasteiger partial charge on any atom is -0.325 e. The van der Waals surface area contributed by atoms with Crippen molar-refractivity contribution in [2.45, 2.75) is 17.0 Å². The number of aryl methyl sites for hydroxylation is 1. The number of sulfonamides is 1. The summed E-state index contributed by atoms with van der Waals surface area (Å²) in [5.41, 5.74) is 4.59. The molecular formula is C25H23N5O3S2. The molecule has 35 heavy (non-hydrogen) atoms. The summed E-state index contributed by atoms with van der Waals surface area (Å²) >= 11 is 1.31. The second kappa shape index (κ2) is 8.95. The Morgan fingerprint density at radius 3 is 2.49 bits per heavy atom. The van der Waals surface area contributed by atoms with Crippen LogP contribution >= 0.6 is 11.8 Å². The monoisotopic (exact) mass is 505 g/mol. The van der Waals surface area contributed by atoms with Gasteiger partial charge in [-0.3, -0.25) is 9.20 Å². The summed E-state index contributed by atoms with van der Waals surface area (Å²) in [5, 5.41) is 4.45. The van der Waals surface area contributed by atoms with Gasteiger partial charge in [0.2, 0.25) is 15.9 Å². The lowest BCUT2D eigenvalue weighted by atomic mass is 10.2. The van der Waals surface area contributed by atoms with E-state index in [9.17, 15) is 13.2 Å². The Labute approximate surface area is 207 Å². The van der Waals surface area contributed by atoms with Gasteiger partial charge in [-0.15, -0.1) is 0 Å². The zero-order chi connectivity index (χ0) is 24.7. The molecule has 5 aromatic rings. The van der Waals surface area contributed by atoms with Crippen molar-refractivity contribution in [3.05, 3.63) is 72.3 Å². The highest BCUT2D eigenvalue weighted by molar-refractivity contribution is 7.99. The van der Waals surface area contributed by atoms with Crippen molar-refractivity contribution in [1.29, 1.82) is 0 Å². The number of carbonyl (C=O) groups is 1. The maximum atomic E-state index is 12.9. The summed E-state index contributed by atoms with van der Waals surface area (Å²) in [6.45, 7) is 1.82. The quantitative estimate of drug-likeness (QED) is 0.273. The first-order chi connectivity index (χ1) is 16.8. The van der Waals surface area contributed by atoms with E-state index in [1.807, 2.05) is 59.9 Å². The summed E-state index contributed by atoms with van der Waals surface area (Å²) in [5.74, 6) is -0.165. The maximum absolute atomic E-state index is 12.9. The number of nitrogens with one attached hydrogen (secondary N) is 1. The van der Waals surface area contributed by atoms with E-state index in [1.165, 1.54) is 38.0 Å². The molecule has 3 aromatic carbocycles. The van der Waals surface area contributed by atoms with Gasteiger partial charge in [0, 0.05) is 25.2 Å². The van der Waals surface area contributed by atoms with Crippen LogP contribution in [0.4, 0.5) is 5.69 Å². The molecule has 2 heterocycles. The summed E-state index contributed by atoms with van der Waals surface area (Å²) < 4.78 is 28.1. The molecule has 10 heteroatoms. The number of thioether (sulfide) groups is 1. The smallest absolute Gasteiger partial charge is 0.242 e. The van der Waals surface area contributed by atoms with Gasteiger partial charge in [-0.05, 0) is 48.9 Å². The molecule has 0 saturated carbocycles. The van der Waals surface area contributed by atoms with Crippen LogP contribution in [0.15, 0.2) is 76.8 Å². The van der Waals surface area contributed by atoms with Gasteiger partial charge in [0.05, 0.1) is 27.2 Å². The number of fused-ring (bicyclic) bond motifs is 5. The largest absolute Gasteiger partial charge is 0.325 e. The number of rotatable bonds is 6. The Balaban J connectivity index is 1.46. The maximum Gasteiger partial charge on any atom is 0.242 e. The zero-order valence-electron chi connectivity index (χ0n) is 19.4. The van der Waals surface area contributed by atoms with Gasteiger partial charge in [0.1, 0.15) is 5.65 Å². The minimum atomic E-state index is -3.61. The van der Waals surface area contributed by atoms with Crippen molar-refractivity contribution in [3.63, 3.8) is 0 Å². The van der Waals surface area contributed by atoms with Crippen LogP contribution in [0, 0.1) is 6.92 Å². The van der Waals surface area contributed by atoms with Crippen molar-refractivity contribution >= 4 is 61.0 Å². The van der Waals surface area contributed by atoms with Crippen molar-refractivity contribution < 1.29 is 13.2 Å². The molecule has 1 N–H and O–H groups in total. The van der Waals surface area contributed by atoms with Crippen LogP contribution in [0.1, 0.15) is 5.56 Å². The third-order valence-corrected chi connectivity index (χ3v) is 8.46. The van der Waals surface area contributed by atoms with Crippen LogP contribution in [0.25, 0.3) is 27.6 Å². The molecule has 0 aliphatic carbocycles. The molecule has 1 amide bonds. The molecule has 8 nitrogen and oxygen atoms in total. The summed E-state index contributed by atoms with van der Waals surface area (Å²) in [6.07, 6.45) is 0. The number of para-hydroxylation sites is 3. The number of nitrogens with zero attached hydrogens (tertiary/aromatic N) is 4. The summed E-state index contributed by atoms with van der Waals surface area (Å²) in [7, 11) is -0.663. The molecule has 0 aliphatic heterocycles. The fourth-order valence-electron chi connectivity index (χ4n) is 3.83. The molecule has 5 rings (SSSR count). The number of anilines is 1. The topological polar surface area (TPSA) is 96.7 Å². The van der Waals surface area contributed by atoms with E-state index in [0.717, 1.165) is 37.5 Å². The Hall–Kier alpha value is -3.47. The first-order valence-corrected chi connectivity index (χ1v) is 13.3. The zero-order valence-corrected chi connectivity index (χ0v) is 21.0. The lowest BCUT2D eigenvalue weighted by Crippen LogP contribution is -2.22. The number of aromatic nitrogens is 3. The molecule has 0 bridgehead atoms. The number of benzene rings is 3. The van der Waals surface area contributed by atoms with E-state index in [4.69, 9.17) is 9.97 Å². The summed E-state index contributed by atoms with van der Waals surface area (Å²) in [6, 6.07) is 20.3. The number of imidazole rings is 1. The van der Waals surface area contributed by atoms with Gasteiger partial charge in [-0.1, -0.05) is 42.1 Å². The predicted octanol–water partition coefficient (Wildman–Crippen LogP) is 4.33. The fourth-order valence-corrected chi connectivity index (χ4v) is 5.57. The number of carbonyl (C=O) groups excluding carboxylic acids is 1. The van der Waals surface area contributed by atoms with E-state index in [0.29, 0.717) is 10.8 Å². The van der Waals surface area contributed by atoms with Crippen LogP contribution in [-0.4, -0.2) is 52.8 Å². The third kappa shape index (κ3) is 4.24. The number of hydrogen-bond donors (Lipinski definition) is 1. The molecule has 0 spiro atoms. The predicted molar refractivity (Wildman–Crippen MR) is 139 cm³/mol. The second-order valence-electron chi connectivity index (χ2n) is 8.27. The first-order valence-electron chi connectivity index (χ1n) is 10.9. The lowest BCUT2D eigenvalue weighted by molar-refractivity contribution is -0.113. The van der Waals surface area contributed by atoms with E-state index < -0.39 is 10.0 Å². The van der Waals surface area contributed by atoms with Gasteiger partial charge in [0.25, 0.3) is 0 Å². The van der Waals surface area contributed by atoms with E-state index in [2.05, 4.69) is 5.32 Å². The fraction of sp³-hybridized carbons (Fsp3) is 0.160. The molecule has 0 atom stereocenters. The highest BCUT2D eigenvalue weighted by Gasteiger charge is 2.19. The van der Waals surface area contributed by atoms with Crippen LogP contribution in [0.3, 0.4) is 0 Å². The van der Waals surface area contributed by atoms with Gasteiger partial charge >= 0.3 is 0 Å². The molecule has 0 aliphatic rings. The standard InChI is InChI=1S/C25H23N5O3S2/c1-16-12-13-17(35(32,33)29(2)3)14-21(16)26-23(31)15-34-25-28-19-9-5-4-8-18(19)24-27-20-10-6-7-11-22(20)30(24)25/h4-14H,15H2,1-3H3,(H,26,31). The van der Waals surface area contributed by atoms with Crippen molar-refractivity contribution in [2.24, 2.45) is 0 Å². The molecule has 0 radical (unpaired) electrons. The van der Waals surface area contributed by atoms with Crippen LogP contribution in [0.5, 0.6) is 0 Å². The van der Waals surface area contributed by atoms with Crippen molar-refractivity contribution in [1.82, 2.24) is 18.7 Å². The Bertz CT molecular complexity index is 1710. The number of hydrogen-bond acceptors (Lipinski definition) is 6. The lowest BCUT2D eigenvalue weighted by Gasteiger charge is -2.14. The molecule has 0 unspecified atom stereocenters. The van der Waals surface area contributed by atoms with E-state index >= 15 is 0 Å². The molecule has 2 aromatic heterocycles. The van der Waals surface area contributed by atoms with Crippen LogP contribution < -0.4 is 5.32 Å². The first kappa shape index (κ1) is 23.3. The highest BCUT2D eigenvalue weighted by atomic mass is 32.2. The minimum absolute atomic E-state index is 0.0943. The van der Waals surface area contributed by atoms with Crippen LogP contribution in [0.2, 0.25) is 0 Å². The van der Waals surface area contributed by atoms with Gasteiger partial charge in [-0.25, -0.2) is 22.7 Å². The SMILES string of the molecule is Cc1ccc(S(=O)(=O)N(C)C)cc1NC(=O)CSc1nc2ccccc2c2nc3ccccc3n12. The van der Waals surface area contributed by atoms with Crippen molar-refractivity contribution in [2.75, 3.05) is 25.2 Å². The molecular weight excluding hydrogens is 482 g/mol. The molecule has 178 valence electrons. The third-order valence-electron chi connectivity index (χ3n) is 5.71. The number of amides is 1. The highest BCUT2D eigenvalue weighted by Crippen LogP contribution is 2.29. The summed E-state index contributed by atoms with van der Waals surface area (Å²) in [4.78, 5) is 22.6. The van der Waals surface area contributed by atoms with Gasteiger partial charge in [-0.2, -0.15) is 0 Å².